The van der Waals surface area contributed by atoms with Crippen molar-refractivity contribution in [2.24, 2.45) is 0 Å². The second-order valence-electron chi connectivity index (χ2n) is 3.97. The van der Waals surface area contributed by atoms with Gasteiger partial charge in [0.2, 0.25) is 0 Å². The number of aromatic carboxylic acids is 1. The Kier molecular flexibility index (Phi) is 4.53. The molecular weight excluding hydrogens is 236 g/mol. The third-order valence-electron chi connectivity index (χ3n) is 2.13. The topological polar surface area (TPSA) is 87.7 Å². The molecule has 0 heterocycles. The highest BCUT2D eigenvalue weighted by Crippen LogP contribution is 2.22. The Morgan fingerprint density at radius 3 is 2.50 bits per heavy atom. The SMILES string of the molecule is COc1ccc(C(=O)O)c(NC(=O)NC(C)C)c1. The maximum atomic E-state index is 11.5. The number of rotatable bonds is 4. The summed E-state index contributed by atoms with van der Waals surface area (Å²) in [7, 11) is 1.47. The molecular formula is C12H16N2O4. The molecule has 0 aliphatic carbocycles. The lowest BCUT2D eigenvalue weighted by molar-refractivity contribution is 0.0698. The lowest BCUT2D eigenvalue weighted by Gasteiger charge is -2.12. The fraction of sp³-hybridized carbons (Fsp3) is 0.333. The number of carboxylic acid groups (broad SMARTS) is 1. The zero-order chi connectivity index (χ0) is 13.7. The summed E-state index contributed by atoms with van der Waals surface area (Å²) in [5.74, 6) is -0.641. The van der Waals surface area contributed by atoms with Crippen LogP contribution in [0, 0.1) is 0 Å². The number of hydrogen-bond acceptors (Lipinski definition) is 3. The van der Waals surface area contributed by atoms with Gasteiger partial charge in [-0.1, -0.05) is 0 Å². The highest BCUT2D eigenvalue weighted by atomic mass is 16.5. The van der Waals surface area contributed by atoms with E-state index in [1.54, 1.807) is 0 Å². The zero-order valence-electron chi connectivity index (χ0n) is 10.5. The van der Waals surface area contributed by atoms with E-state index in [0.29, 0.717) is 5.75 Å². The molecule has 0 aliphatic rings. The average molecular weight is 252 g/mol. The van der Waals surface area contributed by atoms with Gasteiger partial charge < -0.3 is 20.5 Å². The summed E-state index contributed by atoms with van der Waals surface area (Å²) in [5.41, 5.74) is 0.203. The molecule has 6 nitrogen and oxygen atoms in total. The quantitative estimate of drug-likeness (QED) is 0.764. The highest BCUT2D eigenvalue weighted by Gasteiger charge is 2.13. The average Bonchev–Trinajstić information content (AvgIpc) is 2.27. The van der Waals surface area contributed by atoms with Crippen LogP contribution in [0.1, 0.15) is 24.2 Å². The van der Waals surface area contributed by atoms with E-state index in [4.69, 9.17) is 9.84 Å². The third-order valence-corrected chi connectivity index (χ3v) is 2.13. The Hall–Kier alpha value is -2.24. The molecule has 0 spiro atoms. The number of anilines is 1. The van der Waals surface area contributed by atoms with Crippen LogP contribution in [0.5, 0.6) is 5.75 Å². The Morgan fingerprint density at radius 1 is 1.33 bits per heavy atom. The van der Waals surface area contributed by atoms with Crippen molar-refractivity contribution in [3.63, 3.8) is 0 Å². The molecule has 0 fully saturated rings. The number of carbonyl (C=O) groups excluding carboxylic acids is 1. The number of nitrogens with one attached hydrogen (secondary N) is 2. The molecule has 98 valence electrons. The molecule has 0 unspecified atom stereocenters. The first-order valence-electron chi connectivity index (χ1n) is 5.43. The van der Waals surface area contributed by atoms with E-state index >= 15 is 0 Å². The molecule has 3 N–H and O–H groups in total. The highest BCUT2D eigenvalue weighted by molar-refractivity contribution is 6.00. The maximum Gasteiger partial charge on any atom is 0.337 e. The molecule has 0 aromatic heterocycles. The molecule has 0 saturated heterocycles. The standard InChI is InChI=1S/C12H16N2O4/c1-7(2)13-12(17)14-10-6-8(18-3)4-5-9(10)11(15)16/h4-7H,1-3H3,(H,15,16)(H2,13,14,17). The molecule has 0 aliphatic heterocycles. The van der Waals surface area contributed by atoms with E-state index in [-0.39, 0.29) is 17.3 Å². The summed E-state index contributed by atoms with van der Waals surface area (Å²) in [6, 6.07) is 3.87. The first-order chi connectivity index (χ1) is 8.43. The minimum atomic E-state index is -1.11. The van der Waals surface area contributed by atoms with Gasteiger partial charge in [0, 0.05) is 12.1 Å². The van der Waals surface area contributed by atoms with E-state index in [1.165, 1.54) is 25.3 Å². The molecule has 6 heteroatoms. The fourth-order valence-electron chi connectivity index (χ4n) is 1.36. The van der Waals surface area contributed by atoms with Gasteiger partial charge >= 0.3 is 12.0 Å². The molecule has 2 amide bonds. The molecule has 1 aromatic carbocycles. The lowest BCUT2D eigenvalue weighted by Crippen LogP contribution is -2.34. The van der Waals surface area contributed by atoms with Gasteiger partial charge in [-0.15, -0.1) is 0 Å². The number of urea groups is 1. The van der Waals surface area contributed by atoms with Gasteiger partial charge in [0.15, 0.2) is 0 Å². The van der Waals surface area contributed by atoms with Gasteiger partial charge in [-0.2, -0.15) is 0 Å². The number of amides is 2. The Bertz CT molecular complexity index is 457. The van der Waals surface area contributed by atoms with Crippen molar-refractivity contribution in [1.82, 2.24) is 5.32 Å². The van der Waals surface area contributed by atoms with Crippen LogP contribution < -0.4 is 15.4 Å². The van der Waals surface area contributed by atoms with Crippen LogP contribution in [-0.4, -0.2) is 30.3 Å². The van der Waals surface area contributed by atoms with Crippen molar-refractivity contribution in [2.45, 2.75) is 19.9 Å². The number of ether oxygens (including phenoxy) is 1. The number of carbonyl (C=O) groups is 2. The molecule has 0 atom stereocenters. The summed E-state index contributed by atoms with van der Waals surface area (Å²) < 4.78 is 4.99. The van der Waals surface area contributed by atoms with Crippen molar-refractivity contribution in [3.05, 3.63) is 23.8 Å². The second-order valence-corrected chi connectivity index (χ2v) is 3.97. The molecule has 0 radical (unpaired) electrons. The Labute approximate surface area is 105 Å². The monoisotopic (exact) mass is 252 g/mol. The van der Waals surface area contributed by atoms with Crippen LogP contribution in [0.4, 0.5) is 10.5 Å². The number of carboxylic acids is 1. The summed E-state index contributed by atoms with van der Waals surface area (Å²) in [4.78, 5) is 22.6. The van der Waals surface area contributed by atoms with Crippen molar-refractivity contribution < 1.29 is 19.4 Å². The molecule has 0 bridgehead atoms. The van der Waals surface area contributed by atoms with Crippen LogP contribution in [0.15, 0.2) is 18.2 Å². The van der Waals surface area contributed by atoms with E-state index in [2.05, 4.69) is 10.6 Å². The largest absolute Gasteiger partial charge is 0.497 e. The smallest absolute Gasteiger partial charge is 0.337 e. The number of methoxy groups -OCH3 is 1. The first kappa shape index (κ1) is 13.8. The van der Waals surface area contributed by atoms with Crippen LogP contribution in [-0.2, 0) is 0 Å². The van der Waals surface area contributed by atoms with Crippen molar-refractivity contribution >= 4 is 17.7 Å². The van der Waals surface area contributed by atoms with Gasteiger partial charge in [0.25, 0.3) is 0 Å². The number of benzene rings is 1. The summed E-state index contributed by atoms with van der Waals surface area (Å²) in [6.45, 7) is 3.62. The van der Waals surface area contributed by atoms with Crippen molar-refractivity contribution in [2.75, 3.05) is 12.4 Å². The van der Waals surface area contributed by atoms with Crippen molar-refractivity contribution in [3.8, 4) is 5.75 Å². The Morgan fingerprint density at radius 2 is 2.00 bits per heavy atom. The number of hydrogen-bond donors (Lipinski definition) is 3. The fourth-order valence-corrected chi connectivity index (χ4v) is 1.36. The summed E-state index contributed by atoms with van der Waals surface area (Å²) >= 11 is 0. The minimum Gasteiger partial charge on any atom is -0.497 e. The minimum absolute atomic E-state index is 0.00899. The van der Waals surface area contributed by atoms with Gasteiger partial charge in [-0.3, -0.25) is 0 Å². The van der Waals surface area contributed by atoms with E-state index < -0.39 is 12.0 Å². The van der Waals surface area contributed by atoms with Gasteiger partial charge in [-0.05, 0) is 26.0 Å². The Balaban J connectivity index is 2.97. The van der Waals surface area contributed by atoms with Gasteiger partial charge in [0.05, 0.1) is 18.4 Å². The van der Waals surface area contributed by atoms with Crippen LogP contribution in [0.2, 0.25) is 0 Å². The van der Waals surface area contributed by atoms with Crippen LogP contribution in [0.25, 0.3) is 0 Å². The zero-order valence-corrected chi connectivity index (χ0v) is 10.5. The molecule has 1 aromatic rings. The van der Waals surface area contributed by atoms with Gasteiger partial charge in [0.1, 0.15) is 5.75 Å². The van der Waals surface area contributed by atoms with Crippen LogP contribution in [0.3, 0.4) is 0 Å². The molecule has 0 saturated carbocycles. The molecule has 18 heavy (non-hydrogen) atoms. The first-order valence-corrected chi connectivity index (χ1v) is 5.43. The third kappa shape index (κ3) is 3.65. The van der Waals surface area contributed by atoms with E-state index in [1.807, 2.05) is 13.8 Å². The van der Waals surface area contributed by atoms with Crippen LogP contribution >= 0.6 is 0 Å². The van der Waals surface area contributed by atoms with E-state index in [0.717, 1.165) is 0 Å². The summed E-state index contributed by atoms with van der Waals surface area (Å²) in [5, 5.41) is 14.1. The maximum absolute atomic E-state index is 11.5. The summed E-state index contributed by atoms with van der Waals surface area (Å²) in [6.07, 6.45) is 0. The second kappa shape index (κ2) is 5.90. The van der Waals surface area contributed by atoms with Gasteiger partial charge in [-0.25, -0.2) is 9.59 Å². The predicted octanol–water partition coefficient (Wildman–Crippen LogP) is 1.92. The lowest BCUT2D eigenvalue weighted by atomic mass is 10.1. The van der Waals surface area contributed by atoms with Crippen molar-refractivity contribution in [1.29, 1.82) is 0 Å². The molecule has 1 rings (SSSR count). The normalized spacial score (nSPS) is 10.0. The predicted molar refractivity (Wildman–Crippen MR) is 67.2 cm³/mol. The van der Waals surface area contributed by atoms with E-state index in [9.17, 15) is 9.59 Å².